The average molecular weight is 329 g/mol. The number of carbonyl (C=O) groups is 1. The van der Waals surface area contributed by atoms with Crippen LogP contribution in [0.1, 0.15) is 6.42 Å². The van der Waals surface area contributed by atoms with Crippen LogP contribution in [-0.2, 0) is 4.79 Å². The fraction of sp³-hybridized carbons (Fsp3) is 0.462. The number of methoxy groups -OCH3 is 2. The Bertz CT molecular complexity index is 493. The zero-order valence-corrected chi connectivity index (χ0v) is 12.8. The molecule has 1 heterocycles. The van der Waals surface area contributed by atoms with E-state index in [1.54, 1.807) is 25.2 Å². The Morgan fingerprint density at radius 2 is 2.00 bits per heavy atom. The summed E-state index contributed by atoms with van der Waals surface area (Å²) in [6.07, 6.45) is 0.794. The monoisotopic (exact) mass is 328 g/mol. The van der Waals surface area contributed by atoms with Gasteiger partial charge in [0, 0.05) is 19.7 Å². The molecule has 0 radical (unpaired) electrons. The van der Waals surface area contributed by atoms with Crippen molar-refractivity contribution in [3.8, 4) is 11.5 Å². The molecule has 104 valence electrons. The van der Waals surface area contributed by atoms with Gasteiger partial charge in [-0.05, 0) is 28.4 Å². The molecular formula is C13H17BrN2O3. The fourth-order valence-corrected chi connectivity index (χ4v) is 2.62. The number of anilines is 1. The van der Waals surface area contributed by atoms with Crippen LogP contribution in [0.5, 0.6) is 11.5 Å². The lowest BCUT2D eigenvalue weighted by atomic mass is 10.2. The van der Waals surface area contributed by atoms with E-state index in [4.69, 9.17) is 9.47 Å². The SMILES string of the molecule is COc1cc(OC)c(N[C@H]2CCN(C)C2=O)cc1Br. The molecule has 1 aliphatic rings. The minimum Gasteiger partial charge on any atom is -0.495 e. The first-order valence-corrected chi connectivity index (χ1v) is 6.79. The third-order valence-corrected chi connectivity index (χ3v) is 3.85. The molecule has 1 N–H and O–H groups in total. The molecule has 0 unspecified atom stereocenters. The van der Waals surface area contributed by atoms with Crippen molar-refractivity contribution in [2.24, 2.45) is 0 Å². The van der Waals surface area contributed by atoms with Crippen LogP contribution in [0.25, 0.3) is 0 Å². The smallest absolute Gasteiger partial charge is 0.244 e. The molecule has 0 aliphatic carbocycles. The van der Waals surface area contributed by atoms with Crippen molar-refractivity contribution in [1.82, 2.24) is 4.90 Å². The highest BCUT2D eigenvalue weighted by Gasteiger charge is 2.29. The Morgan fingerprint density at radius 1 is 1.32 bits per heavy atom. The number of nitrogens with one attached hydrogen (secondary N) is 1. The maximum atomic E-state index is 11.9. The first kappa shape index (κ1) is 14.0. The maximum Gasteiger partial charge on any atom is 0.244 e. The number of ether oxygens (including phenoxy) is 2. The largest absolute Gasteiger partial charge is 0.495 e. The molecule has 0 aromatic heterocycles. The quantitative estimate of drug-likeness (QED) is 0.919. The lowest BCUT2D eigenvalue weighted by molar-refractivity contribution is -0.127. The second-order valence-electron chi connectivity index (χ2n) is 4.43. The standard InChI is InChI=1S/C13H17BrN2O3/c1-16-5-4-9(13(16)17)15-10-6-8(14)11(18-2)7-12(10)19-3/h6-7,9,15H,4-5H2,1-3H3/t9-/m0/s1. The number of nitrogens with zero attached hydrogens (tertiary/aromatic N) is 1. The molecule has 1 aromatic rings. The van der Waals surface area contributed by atoms with E-state index in [0.717, 1.165) is 23.1 Å². The van der Waals surface area contributed by atoms with E-state index in [1.807, 2.05) is 13.1 Å². The predicted molar refractivity (Wildman–Crippen MR) is 76.9 cm³/mol. The van der Waals surface area contributed by atoms with Gasteiger partial charge in [-0.15, -0.1) is 0 Å². The molecule has 0 spiro atoms. The second kappa shape index (κ2) is 5.69. The van der Waals surface area contributed by atoms with Gasteiger partial charge in [-0.2, -0.15) is 0 Å². The van der Waals surface area contributed by atoms with E-state index in [2.05, 4.69) is 21.2 Å². The van der Waals surface area contributed by atoms with Gasteiger partial charge in [-0.1, -0.05) is 0 Å². The molecule has 6 heteroatoms. The van der Waals surface area contributed by atoms with Crippen LogP contribution in [0.15, 0.2) is 16.6 Å². The molecule has 1 aliphatic heterocycles. The molecule has 1 aromatic carbocycles. The van der Waals surface area contributed by atoms with E-state index in [0.29, 0.717) is 11.5 Å². The highest BCUT2D eigenvalue weighted by atomic mass is 79.9. The van der Waals surface area contributed by atoms with Gasteiger partial charge < -0.3 is 19.7 Å². The van der Waals surface area contributed by atoms with Gasteiger partial charge in [0.15, 0.2) is 0 Å². The minimum atomic E-state index is -0.195. The van der Waals surface area contributed by atoms with E-state index >= 15 is 0 Å². The van der Waals surface area contributed by atoms with Crippen molar-refractivity contribution in [2.45, 2.75) is 12.5 Å². The number of likely N-dealkylation sites (tertiary alicyclic amines) is 1. The van der Waals surface area contributed by atoms with Gasteiger partial charge in [0.25, 0.3) is 0 Å². The molecule has 5 nitrogen and oxygen atoms in total. The highest BCUT2D eigenvalue weighted by Crippen LogP contribution is 2.36. The summed E-state index contributed by atoms with van der Waals surface area (Å²) >= 11 is 3.43. The Morgan fingerprint density at radius 3 is 2.53 bits per heavy atom. The minimum absolute atomic E-state index is 0.106. The lowest BCUT2D eigenvalue weighted by Crippen LogP contribution is -2.31. The molecule has 1 fully saturated rings. The lowest BCUT2D eigenvalue weighted by Gasteiger charge is -2.17. The van der Waals surface area contributed by atoms with Gasteiger partial charge in [0.1, 0.15) is 17.5 Å². The van der Waals surface area contributed by atoms with Gasteiger partial charge in [-0.25, -0.2) is 0 Å². The van der Waals surface area contributed by atoms with Crippen molar-refractivity contribution < 1.29 is 14.3 Å². The summed E-state index contributed by atoms with van der Waals surface area (Å²) in [7, 11) is 5.00. The number of hydrogen-bond acceptors (Lipinski definition) is 4. The van der Waals surface area contributed by atoms with Crippen LogP contribution in [0.2, 0.25) is 0 Å². The highest BCUT2D eigenvalue weighted by molar-refractivity contribution is 9.10. The molecule has 1 saturated heterocycles. The molecule has 0 saturated carbocycles. The molecule has 1 atom stereocenters. The molecule has 1 amide bonds. The third kappa shape index (κ3) is 2.78. The molecule has 0 bridgehead atoms. The summed E-state index contributed by atoms with van der Waals surface area (Å²) in [5.74, 6) is 1.45. The number of carbonyl (C=O) groups excluding carboxylic acids is 1. The molecular weight excluding hydrogens is 312 g/mol. The second-order valence-corrected chi connectivity index (χ2v) is 5.29. The van der Waals surface area contributed by atoms with Crippen molar-refractivity contribution in [3.05, 3.63) is 16.6 Å². The van der Waals surface area contributed by atoms with E-state index in [9.17, 15) is 4.79 Å². The van der Waals surface area contributed by atoms with Crippen LogP contribution >= 0.6 is 15.9 Å². The van der Waals surface area contributed by atoms with E-state index < -0.39 is 0 Å². The third-order valence-electron chi connectivity index (χ3n) is 3.23. The number of rotatable bonds is 4. The van der Waals surface area contributed by atoms with Crippen LogP contribution in [0.4, 0.5) is 5.69 Å². The van der Waals surface area contributed by atoms with Crippen LogP contribution in [0.3, 0.4) is 0 Å². The Kier molecular flexibility index (Phi) is 4.19. The number of halogens is 1. The topological polar surface area (TPSA) is 50.8 Å². The Balaban J connectivity index is 2.25. The molecule has 19 heavy (non-hydrogen) atoms. The van der Waals surface area contributed by atoms with Crippen LogP contribution < -0.4 is 14.8 Å². The number of likely N-dealkylation sites (N-methyl/N-ethyl adjacent to an activating group) is 1. The normalized spacial score (nSPS) is 18.6. The fourth-order valence-electron chi connectivity index (χ4n) is 2.12. The maximum absolute atomic E-state index is 11.9. The van der Waals surface area contributed by atoms with Gasteiger partial charge in [-0.3, -0.25) is 4.79 Å². The summed E-state index contributed by atoms with van der Waals surface area (Å²) in [4.78, 5) is 13.6. The first-order valence-electron chi connectivity index (χ1n) is 6.00. The summed E-state index contributed by atoms with van der Waals surface area (Å²) in [5.41, 5.74) is 0.781. The van der Waals surface area contributed by atoms with E-state index in [1.165, 1.54) is 0 Å². The number of amides is 1. The zero-order valence-electron chi connectivity index (χ0n) is 11.2. The predicted octanol–water partition coefficient (Wildman–Crippen LogP) is 2.11. The summed E-state index contributed by atoms with van der Waals surface area (Å²) < 4.78 is 11.4. The van der Waals surface area contributed by atoms with Crippen molar-refractivity contribution in [1.29, 1.82) is 0 Å². The Labute approximate surface area is 121 Å². The number of benzene rings is 1. The van der Waals surface area contributed by atoms with Gasteiger partial charge in [0.2, 0.25) is 5.91 Å². The van der Waals surface area contributed by atoms with Crippen molar-refractivity contribution in [2.75, 3.05) is 33.1 Å². The zero-order chi connectivity index (χ0) is 14.0. The van der Waals surface area contributed by atoms with Gasteiger partial charge >= 0.3 is 0 Å². The summed E-state index contributed by atoms with van der Waals surface area (Å²) in [6, 6.07) is 3.46. The van der Waals surface area contributed by atoms with Gasteiger partial charge in [0.05, 0.1) is 24.4 Å². The number of hydrogen-bond donors (Lipinski definition) is 1. The van der Waals surface area contributed by atoms with Crippen LogP contribution in [-0.4, -0.2) is 44.7 Å². The average Bonchev–Trinajstić information content (AvgIpc) is 2.71. The van der Waals surface area contributed by atoms with Crippen molar-refractivity contribution in [3.63, 3.8) is 0 Å². The molecule has 2 rings (SSSR count). The van der Waals surface area contributed by atoms with Crippen molar-refractivity contribution >= 4 is 27.5 Å². The van der Waals surface area contributed by atoms with Crippen LogP contribution in [0, 0.1) is 0 Å². The van der Waals surface area contributed by atoms with E-state index in [-0.39, 0.29) is 11.9 Å². The first-order chi connectivity index (χ1) is 9.06. The summed E-state index contributed by atoms with van der Waals surface area (Å²) in [5, 5.41) is 3.23. The summed E-state index contributed by atoms with van der Waals surface area (Å²) in [6.45, 7) is 0.774. The Hall–Kier alpha value is -1.43.